The molecule has 0 saturated heterocycles. The van der Waals surface area contributed by atoms with Crippen LogP contribution in [0.3, 0.4) is 0 Å². The lowest BCUT2D eigenvalue weighted by Gasteiger charge is -2.12. The average Bonchev–Trinajstić information content (AvgIpc) is 3.31. The van der Waals surface area contributed by atoms with Crippen LogP contribution in [0.5, 0.6) is 5.75 Å². The number of thiazole rings is 1. The molecular weight excluding hydrogens is 367 g/mol. The molecule has 4 aromatic rings. The first kappa shape index (κ1) is 17.4. The average molecular weight is 384 g/mol. The van der Waals surface area contributed by atoms with Crippen LogP contribution in [0.2, 0.25) is 0 Å². The van der Waals surface area contributed by atoms with Gasteiger partial charge in [0.05, 0.1) is 4.88 Å². The molecule has 0 aliphatic heterocycles. The molecule has 27 heavy (non-hydrogen) atoms. The lowest BCUT2D eigenvalue weighted by molar-refractivity contribution is 0.431. The van der Waals surface area contributed by atoms with Gasteiger partial charge in [0.15, 0.2) is 28.7 Å². The number of phenolic OH excluding ortho intramolecular Hbond substituents is 1. The second-order valence-corrected chi connectivity index (χ2v) is 7.23. The molecule has 0 bridgehead atoms. The minimum Gasteiger partial charge on any atom is -0.505 e. The zero-order chi connectivity index (χ0) is 18.8. The van der Waals surface area contributed by atoms with Crippen molar-refractivity contribution < 1.29 is 13.9 Å². The summed E-state index contributed by atoms with van der Waals surface area (Å²) in [6.45, 7) is 0.497. The van der Waals surface area contributed by atoms with Gasteiger partial charge in [-0.15, -0.1) is 0 Å². The third-order valence-corrected chi connectivity index (χ3v) is 5.15. The van der Waals surface area contributed by atoms with E-state index in [9.17, 15) is 9.50 Å². The van der Waals surface area contributed by atoms with Crippen molar-refractivity contribution in [1.82, 2.24) is 9.97 Å². The highest BCUT2D eigenvalue weighted by molar-refractivity contribution is 7.18. The van der Waals surface area contributed by atoms with Gasteiger partial charge < -0.3 is 20.6 Å². The molecule has 0 saturated carbocycles. The molecule has 0 amide bonds. The number of hydrogen-bond donors (Lipinski definition) is 3. The summed E-state index contributed by atoms with van der Waals surface area (Å²) in [7, 11) is 0. The van der Waals surface area contributed by atoms with E-state index in [1.807, 2.05) is 18.2 Å². The van der Waals surface area contributed by atoms with Crippen molar-refractivity contribution in [2.24, 2.45) is 5.73 Å². The minimum absolute atomic E-state index is 0.216. The second-order valence-electron chi connectivity index (χ2n) is 6.20. The van der Waals surface area contributed by atoms with Gasteiger partial charge >= 0.3 is 0 Å². The fraction of sp³-hybridized carbons (Fsp3) is 0.158. The first-order chi connectivity index (χ1) is 13.1. The number of phenols is 1. The van der Waals surface area contributed by atoms with Gasteiger partial charge in [-0.25, -0.2) is 14.4 Å². The number of fused-ring (bicyclic) bond motifs is 1. The van der Waals surface area contributed by atoms with E-state index in [0.717, 1.165) is 32.2 Å². The third kappa shape index (κ3) is 3.91. The molecule has 2 aromatic heterocycles. The maximum absolute atomic E-state index is 13.4. The maximum Gasteiger partial charge on any atom is 0.183 e. The number of hydrogen-bond acceptors (Lipinski definition) is 7. The van der Waals surface area contributed by atoms with Crippen LogP contribution in [0.1, 0.15) is 5.56 Å². The normalized spacial score (nSPS) is 12.4. The Bertz CT molecular complexity index is 1080. The first-order valence-corrected chi connectivity index (χ1v) is 9.16. The van der Waals surface area contributed by atoms with E-state index in [0.29, 0.717) is 13.0 Å². The summed E-state index contributed by atoms with van der Waals surface area (Å²) in [6.07, 6.45) is 3.71. The van der Waals surface area contributed by atoms with Crippen molar-refractivity contribution in [2.75, 3.05) is 11.9 Å². The molecular formula is C19H17FN4O2S. The van der Waals surface area contributed by atoms with E-state index >= 15 is 0 Å². The van der Waals surface area contributed by atoms with Gasteiger partial charge in [0.2, 0.25) is 0 Å². The number of halogens is 1. The van der Waals surface area contributed by atoms with Gasteiger partial charge in [-0.05, 0) is 41.8 Å². The summed E-state index contributed by atoms with van der Waals surface area (Å²) < 4.78 is 18.7. The zero-order valence-electron chi connectivity index (χ0n) is 14.2. The van der Waals surface area contributed by atoms with E-state index in [-0.39, 0.29) is 11.8 Å². The van der Waals surface area contributed by atoms with Crippen molar-refractivity contribution >= 4 is 27.6 Å². The first-order valence-electron chi connectivity index (χ1n) is 8.35. The van der Waals surface area contributed by atoms with Crippen LogP contribution < -0.4 is 11.1 Å². The molecule has 0 spiro atoms. The van der Waals surface area contributed by atoms with E-state index in [2.05, 4.69) is 15.3 Å². The van der Waals surface area contributed by atoms with Gasteiger partial charge in [-0.2, -0.15) is 0 Å². The van der Waals surface area contributed by atoms with Crippen LogP contribution in [-0.2, 0) is 6.42 Å². The Morgan fingerprint density at radius 3 is 2.96 bits per heavy atom. The predicted octanol–water partition coefficient (Wildman–Crippen LogP) is 3.78. The molecule has 0 fully saturated rings. The van der Waals surface area contributed by atoms with Gasteiger partial charge in [0.25, 0.3) is 0 Å². The fourth-order valence-corrected chi connectivity index (χ4v) is 3.59. The quantitative estimate of drug-likeness (QED) is 0.468. The third-order valence-electron chi connectivity index (χ3n) is 4.15. The molecule has 2 aromatic carbocycles. The Morgan fingerprint density at radius 1 is 1.22 bits per heavy atom. The molecule has 0 radical (unpaired) electrons. The smallest absolute Gasteiger partial charge is 0.183 e. The lowest BCUT2D eigenvalue weighted by Crippen LogP contribution is -2.31. The standard InChI is InChI=1S/C19H17FN4O2S/c20-14-6-11(1-4-16(14)25)5-13(21)8-22-19-23-9-18(27-19)12-2-3-15-17(7-12)26-10-24-15/h1-4,6-7,9-10,13,25H,5,8,21H2,(H,22,23). The van der Waals surface area contributed by atoms with Crippen LogP contribution in [0.4, 0.5) is 9.52 Å². The van der Waals surface area contributed by atoms with Crippen molar-refractivity contribution in [3.05, 3.63) is 60.4 Å². The van der Waals surface area contributed by atoms with E-state index in [1.165, 1.54) is 29.9 Å². The van der Waals surface area contributed by atoms with Crippen LogP contribution in [0.25, 0.3) is 21.5 Å². The topological polar surface area (TPSA) is 97.2 Å². The molecule has 138 valence electrons. The Hall–Kier alpha value is -2.97. The number of nitrogens with two attached hydrogens (primary N) is 1. The van der Waals surface area contributed by atoms with Gasteiger partial charge in [-0.1, -0.05) is 23.5 Å². The number of anilines is 1. The van der Waals surface area contributed by atoms with E-state index < -0.39 is 5.82 Å². The highest BCUT2D eigenvalue weighted by Crippen LogP contribution is 2.30. The molecule has 2 heterocycles. The SMILES string of the molecule is NC(CNc1ncc(-c2ccc3ncoc3c2)s1)Cc1ccc(O)c(F)c1. The highest BCUT2D eigenvalue weighted by atomic mass is 32.1. The molecule has 8 heteroatoms. The molecule has 4 rings (SSSR count). The van der Waals surface area contributed by atoms with Crippen LogP contribution in [-0.4, -0.2) is 27.7 Å². The van der Waals surface area contributed by atoms with Crippen molar-refractivity contribution in [3.63, 3.8) is 0 Å². The maximum atomic E-state index is 13.4. The summed E-state index contributed by atoms with van der Waals surface area (Å²) in [5.41, 5.74) is 9.42. The molecule has 0 aliphatic carbocycles. The Kier molecular flexibility index (Phi) is 4.74. The Labute approximate surface area is 158 Å². The van der Waals surface area contributed by atoms with Gasteiger partial charge in [0.1, 0.15) is 5.52 Å². The number of aromatic hydroxyl groups is 1. The number of nitrogens with zero attached hydrogens (tertiary/aromatic N) is 2. The zero-order valence-corrected chi connectivity index (χ0v) is 15.0. The number of oxazole rings is 1. The van der Waals surface area contributed by atoms with Crippen LogP contribution >= 0.6 is 11.3 Å². The highest BCUT2D eigenvalue weighted by Gasteiger charge is 2.10. The number of benzene rings is 2. The fourth-order valence-electron chi connectivity index (χ4n) is 2.77. The van der Waals surface area contributed by atoms with E-state index in [1.54, 1.807) is 12.3 Å². The summed E-state index contributed by atoms with van der Waals surface area (Å²) in [6, 6.07) is 9.91. The molecule has 4 N–H and O–H groups in total. The van der Waals surface area contributed by atoms with Gasteiger partial charge in [-0.3, -0.25) is 0 Å². The predicted molar refractivity (Wildman–Crippen MR) is 103 cm³/mol. The van der Waals surface area contributed by atoms with Crippen LogP contribution in [0, 0.1) is 5.82 Å². The van der Waals surface area contributed by atoms with Gasteiger partial charge in [0, 0.05) is 18.8 Å². The molecule has 6 nitrogen and oxygen atoms in total. The summed E-state index contributed by atoms with van der Waals surface area (Å²) in [5, 5.41) is 13.2. The Balaban J connectivity index is 1.38. The van der Waals surface area contributed by atoms with Crippen molar-refractivity contribution in [2.45, 2.75) is 12.5 Å². The van der Waals surface area contributed by atoms with E-state index in [4.69, 9.17) is 10.2 Å². The minimum atomic E-state index is -0.638. The largest absolute Gasteiger partial charge is 0.505 e. The summed E-state index contributed by atoms with van der Waals surface area (Å²) in [4.78, 5) is 9.49. The molecule has 1 atom stereocenters. The number of nitrogens with one attached hydrogen (secondary N) is 1. The lowest BCUT2D eigenvalue weighted by atomic mass is 10.1. The summed E-state index contributed by atoms with van der Waals surface area (Å²) >= 11 is 1.52. The number of rotatable bonds is 6. The molecule has 1 unspecified atom stereocenters. The Morgan fingerprint density at radius 2 is 2.11 bits per heavy atom. The number of aromatic nitrogens is 2. The molecule has 0 aliphatic rings. The van der Waals surface area contributed by atoms with Crippen molar-refractivity contribution in [1.29, 1.82) is 0 Å². The van der Waals surface area contributed by atoms with Crippen LogP contribution in [0.15, 0.2) is 53.4 Å². The summed E-state index contributed by atoms with van der Waals surface area (Å²) in [5.74, 6) is -0.995. The van der Waals surface area contributed by atoms with Crippen molar-refractivity contribution in [3.8, 4) is 16.2 Å². The monoisotopic (exact) mass is 384 g/mol. The second kappa shape index (κ2) is 7.34.